The van der Waals surface area contributed by atoms with Crippen LogP contribution in [0.15, 0.2) is 30.6 Å². The largest absolute Gasteiger partial charge is 0.495 e. The Morgan fingerprint density at radius 3 is 2.81 bits per heavy atom. The van der Waals surface area contributed by atoms with E-state index in [9.17, 15) is 4.79 Å². The third-order valence-electron chi connectivity index (χ3n) is 2.54. The highest BCUT2D eigenvalue weighted by atomic mass is 16.5. The zero-order valence-electron chi connectivity index (χ0n) is 9.31. The Labute approximate surface area is 93.6 Å². The molecule has 0 fully saturated rings. The number of ketones is 1. The lowest BCUT2D eigenvalue weighted by molar-refractivity contribution is 0.0969. The summed E-state index contributed by atoms with van der Waals surface area (Å²) in [6.07, 6.45) is 3.65. The van der Waals surface area contributed by atoms with Gasteiger partial charge in [0.1, 0.15) is 5.75 Å². The van der Waals surface area contributed by atoms with E-state index in [1.807, 2.05) is 28.9 Å². The highest BCUT2D eigenvalue weighted by Crippen LogP contribution is 2.18. The Morgan fingerprint density at radius 2 is 2.19 bits per heavy atom. The van der Waals surface area contributed by atoms with Crippen LogP contribution in [-0.2, 0) is 0 Å². The first kappa shape index (κ1) is 10.7. The SMILES string of the molecule is COc1ccc2c(C(=O)C(C)N)ccn2c1. The molecule has 2 heterocycles. The van der Waals surface area contributed by atoms with Crippen molar-refractivity contribution in [2.24, 2.45) is 5.73 Å². The highest BCUT2D eigenvalue weighted by Gasteiger charge is 2.15. The quantitative estimate of drug-likeness (QED) is 0.794. The number of carbonyl (C=O) groups excluding carboxylic acids is 1. The minimum atomic E-state index is -0.478. The van der Waals surface area contributed by atoms with Crippen molar-refractivity contribution < 1.29 is 9.53 Å². The number of fused-ring (bicyclic) bond motifs is 1. The predicted molar refractivity (Wildman–Crippen MR) is 61.9 cm³/mol. The molecule has 0 aliphatic rings. The van der Waals surface area contributed by atoms with Crippen molar-refractivity contribution in [3.8, 4) is 5.75 Å². The zero-order valence-corrected chi connectivity index (χ0v) is 9.31. The zero-order chi connectivity index (χ0) is 11.7. The molecule has 2 N–H and O–H groups in total. The number of Topliss-reactive ketones (excluding diaryl/α,β-unsaturated/α-hetero) is 1. The van der Waals surface area contributed by atoms with E-state index in [4.69, 9.17) is 10.5 Å². The minimum absolute atomic E-state index is 0.0485. The molecule has 1 atom stereocenters. The van der Waals surface area contributed by atoms with Gasteiger partial charge in [0, 0.05) is 11.8 Å². The molecule has 0 aromatic carbocycles. The van der Waals surface area contributed by atoms with Crippen LogP contribution in [0.3, 0.4) is 0 Å². The topological polar surface area (TPSA) is 56.7 Å². The molecule has 0 aliphatic heterocycles. The third kappa shape index (κ3) is 1.67. The lowest BCUT2D eigenvalue weighted by atomic mass is 10.1. The van der Waals surface area contributed by atoms with Gasteiger partial charge in [-0.15, -0.1) is 0 Å². The van der Waals surface area contributed by atoms with Crippen LogP contribution in [0, 0.1) is 0 Å². The van der Waals surface area contributed by atoms with Crippen LogP contribution in [0.4, 0.5) is 0 Å². The number of nitrogens with two attached hydrogens (primary N) is 1. The van der Waals surface area contributed by atoms with Crippen LogP contribution in [0.5, 0.6) is 5.75 Å². The Hall–Kier alpha value is -1.81. The van der Waals surface area contributed by atoms with E-state index in [1.165, 1.54) is 0 Å². The number of pyridine rings is 1. The van der Waals surface area contributed by atoms with Gasteiger partial charge in [0.2, 0.25) is 0 Å². The number of methoxy groups -OCH3 is 1. The van der Waals surface area contributed by atoms with Gasteiger partial charge in [-0.25, -0.2) is 0 Å². The van der Waals surface area contributed by atoms with E-state index < -0.39 is 6.04 Å². The number of carbonyl (C=O) groups is 1. The van der Waals surface area contributed by atoms with Crippen LogP contribution in [-0.4, -0.2) is 23.3 Å². The van der Waals surface area contributed by atoms with Crippen LogP contribution < -0.4 is 10.5 Å². The number of nitrogens with zero attached hydrogens (tertiary/aromatic N) is 1. The fourth-order valence-electron chi connectivity index (χ4n) is 1.66. The Balaban J connectivity index is 2.53. The molecule has 0 radical (unpaired) electrons. The second-order valence-electron chi connectivity index (χ2n) is 3.74. The smallest absolute Gasteiger partial charge is 0.181 e. The Bertz CT molecular complexity index is 529. The third-order valence-corrected chi connectivity index (χ3v) is 2.54. The molecule has 0 bridgehead atoms. The monoisotopic (exact) mass is 218 g/mol. The molecule has 16 heavy (non-hydrogen) atoms. The van der Waals surface area contributed by atoms with Crippen molar-refractivity contribution in [2.75, 3.05) is 7.11 Å². The molecule has 0 aliphatic carbocycles. The number of ether oxygens (including phenoxy) is 1. The molecule has 2 aromatic rings. The summed E-state index contributed by atoms with van der Waals surface area (Å²) in [4.78, 5) is 11.8. The molecule has 4 nitrogen and oxygen atoms in total. The highest BCUT2D eigenvalue weighted by molar-refractivity contribution is 6.05. The molecule has 0 saturated heterocycles. The molecule has 84 valence electrons. The van der Waals surface area contributed by atoms with Gasteiger partial charge in [0.15, 0.2) is 5.78 Å². The van der Waals surface area contributed by atoms with E-state index in [-0.39, 0.29) is 5.78 Å². The Morgan fingerprint density at radius 1 is 1.44 bits per heavy atom. The average Bonchev–Trinajstić information content (AvgIpc) is 2.70. The fourth-order valence-corrected chi connectivity index (χ4v) is 1.66. The van der Waals surface area contributed by atoms with Crippen LogP contribution in [0.1, 0.15) is 17.3 Å². The summed E-state index contributed by atoms with van der Waals surface area (Å²) >= 11 is 0. The van der Waals surface area contributed by atoms with Crippen LogP contribution >= 0.6 is 0 Å². The van der Waals surface area contributed by atoms with Crippen molar-refractivity contribution in [3.63, 3.8) is 0 Å². The molecular weight excluding hydrogens is 204 g/mol. The Kier molecular flexibility index (Phi) is 2.66. The summed E-state index contributed by atoms with van der Waals surface area (Å²) < 4.78 is 6.96. The predicted octanol–water partition coefficient (Wildman–Crippen LogP) is 1.48. The van der Waals surface area contributed by atoms with Gasteiger partial charge < -0.3 is 14.9 Å². The number of rotatable bonds is 3. The van der Waals surface area contributed by atoms with Gasteiger partial charge in [-0.2, -0.15) is 0 Å². The summed E-state index contributed by atoms with van der Waals surface area (Å²) in [5, 5.41) is 0. The molecule has 2 aromatic heterocycles. The lowest BCUT2D eigenvalue weighted by Crippen LogP contribution is -2.26. The first-order valence-corrected chi connectivity index (χ1v) is 5.08. The maximum Gasteiger partial charge on any atom is 0.181 e. The van der Waals surface area contributed by atoms with E-state index in [2.05, 4.69) is 0 Å². The summed E-state index contributed by atoms with van der Waals surface area (Å²) in [5.41, 5.74) is 7.09. The fraction of sp³-hybridized carbons (Fsp3) is 0.250. The molecule has 0 amide bonds. The van der Waals surface area contributed by atoms with Crippen LogP contribution in [0.2, 0.25) is 0 Å². The van der Waals surface area contributed by atoms with E-state index in [1.54, 1.807) is 20.1 Å². The van der Waals surface area contributed by atoms with E-state index >= 15 is 0 Å². The average molecular weight is 218 g/mol. The molecule has 2 rings (SSSR count). The van der Waals surface area contributed by atoms with Gasteiger partial charge in [0.25, 0.3) is 0 Å². The molecule has 1 unspecified atom stereocenters. The van der Waals surface area contributed by atoms with Gasteiger partial charge in [-0.1, -0.05) is 0 Å². The summed E-state index contributed by atoms with van der Waals surface area (Å²) in [6, 6.07) is 4.98. The molecule has 0 spiro atoms. The van der Waals surface area contributed by atoms with E-state index in [0.29, 0.717) is 5.56 Å². The van der Waals surface area contributed by atoms with Gasteiger partial charge in [-0.3, -0.25) is 4.79 Å². The van der Waals surface area contributed by atoms with Gasteiger partial charge in [0.05, 0.1) is 24.9 Å². The number of aromatic nitrogens is 1. The van der Waals surface area contributed by atoms with Gasteiger partial charge in [-0.05, 0) is 25.1 Å². The first-order valence-electron chi connectivity index (χ1n) is 5.08. The maximum atomic E-state index is 11.8. The number of hydrogen-bond acceptors (Lipinski definition) is 3. The normalized spacial score (nSPS) is 12.7. The second kappa shape index (κ2) is 3.98. The molecular formula is C12H14N2O2. The standard InChI is InChI=1S/C12H14N2O2/c1-8(13)12(15)10-5-6-14-7-9(16-2)3-4-11(10)14/h3-8H,13H2,1-2H3. The van der Waals surface area contributed by atoms with Crippen molar-refractivity contribution in [1.82, 2.24) is 4.40 Å². The second-order valence-corrected chi connectivity index (χ2v) is 3.74. The van der Waals surface area contributed by atoms with Crippen molar-refractivity contribution >= 4 is 11.3 Å². The lowest BCUT2D eigenvalue weighted by Gasteiger charge is -2.04. The van der Waals surface area contributed by atoms with Crippen molar-refractivity contribution in [2.45, 2.75) is 13.0 Å². The summed E-state index contributed by atoms with van der Waals surface area (Å²) in [6.45, 7) is 1.69. The van der Waals surface area contributed by atoms with Crippen molar-refractivity contribution in [3.05, 3.63) is 36.2 Å². The summed E-state index contributed by atoms with van der Waals surface area (Å²) in [7, 11) is 1.61. The van der Waals surface area contributed by atoms with E-state index in [0.717, 1.165) is 11.3 Å². The van der Waals surface area contributed by atoms with Gasteiger partial charge >= 0.3 is 0 Å². The maximum absolute atomic E-state index is 11.8. The van der Waals surface area contributed by atoms with Crippen molar-refractivity contribution in [1.29, 1.82) is 0 Å². The molecule has 4 heteroatoms. The summed E-state index contributed by atoms with van der Waals surface area (Å²) in [5.74, 6) is 0.704. The minimum Gasteiger partial charge on any atom is -0.495 e. The van der Waals surface area contributed by atoms with Crippen LogP contribution in [0.25, 0.3) is 5.52 Å². The number of hydrogen-bond donors (Lipinski definition) is 1. The first-order chi connectivity index (χ1) is 7.63. The molecule has 0 saturated carbocycles.